The van der Waals surface area contributed by atoms with Crippen LogP contribution >= 0.6 is 15.9 Å². The van der Waals surface area contributed by atoms with Crippen molar-refractivity contribution in [2.45, 2.75) is 6.92 Å². The lowest BCUT2D eigenvalue weighted by Crippen LogP contribution is -2.32. The van der Waals surface area contributed by atoms with Crippen LogP contribution in [-0.4, -0.2) is 22.2 Å². The predicted molar refractivity (Wildman–Crippen MR) is 84.9 cm³/mol. The van der Waals surface area contributed by atoms with Gasteiger partial charge >= 0.3 is 0 Å². The van der Waals surface area contributed by atoms with Gasteiger partial charge in [0.2, 0.25) is 5.43 Å². The maximum absolute atomic E-state index is 13.9. The average Bonchev–Trinajstić information content (AvgIpc) is 2.46. The fourth-order valence-corrected chi connectivity index (χ4v) is 1.97. The molecule has 0 aliphatic heterocycles. The normalized spacial score (nSPS) is 10.3. The highest BCUT2D eigenvalue weighted by molar-refractivity contribution is 9.11. The summed E-state index contributed by atoms with van der Waals surface area (Å²) >= 11 is 3.10. The van der Waals surface area contributed by atoms with E-state index in [1.54, 1.807) is 19.1 Å². The maximum Gasteiger partial charge on any atom is 0.276 e. The number of para-hydroxylation sites is 1. The molecule has 1 N–H and O–H groups in total. The number of carbonyl (C=O) groups is 1. The van der Waals surface area contributed by atoms with Crippen LogP contribution in [0.3, 0.4) is 0 Å². The van der Waals surface area contributed by atoms with Crippen molar-refractivity contribution in [1.29, 1.82) is 0 Å². The molecule has 0 radical (unpaired) electrons. The van der Waals surface area contributed by atoms with Crippen LogP contribution in [0.1, 0.15) is 16.2 Å². The van der Waals surface area contributed by atoms with Crippen LogP contribution in [0.15, 0.2) is 46.2 Å². The molecule has 0 saturated heterocycles. The van der Waals surface area contributed by atoms with Gasteiger partial charge in [-0.1, -0.05) is 34.6 Å². The van der Waals surface area contributed by atoms with Gasteiger partial charge in [0.25, 0.3) is 5.91 Å². The number of carbonyl (C=O) groups excluding carboxylic acids is 1. The average molecular weight is 366 g/mol. The zero-order valence-electron chi connectivity index (χ0n) is 11.8. The van der Waals surface area contributed by atoms with Crippen LogP contribution in [0.25, 0.3) is 5.69 Å². The van der Waals surface area contributed by atoms with Crippen molar-refractivity contribution in [2.24, 2.45) is 0 Å². The molecule has 1 amide bonds. The number of amides is 1. The van der Waals surface area contributed by atoms with E-state index in [-0.39, 0.29) is 17.9 Å². The Hall–Kier alpha value is -2.28. The van der Waals surface area contributed by atoms with Gasteiger partial charge in [-0.3, -0.25) is 9.59 Å². The van der Waals surface area contributed by atoms with Gasteiger partial charge in [-0.25, -0.2) is 9.07 Å². The summed E-state index contributed by atoms with van der Waals surface area (Å²) in [6, 6.07) is 7.24. The molecule has 1 aromatic heterocycles. The van der Waals surface area contributed by atoms with Gasteiger partial charge in [-0.2, -0.15) is 5.10 Å². The number of rotatable bonds is 4. The molecule has 5 nitrogen and oxygen atoms in total. The van der Waals surface area contributed by atoms with Crippen LogP contribution < -0.4 is 10.7 Å². The highest BCUT2D eigenvalue weighted by Gasteiger charge is 2.16. The molecule has 0 spiro atoms. The molecule has 0 aliphatic rings. The fourth-order valence-electron chi connectivity index (χ4n) is 1.83. The SMILES string of the molecule is C=C(Br)CNC(=O)c1nn(-c2ccccc2F)c(C)cc1=O. The number of halogens is 2. The third-order valence-electron chi connectivity index (χ3n) is 2.84. The molecule has 0 aliphatic carbocycles. The van der Waals surface area contributed by atoms with E-state index >= 15 is 0 Å². The van der Waals surface area contributed by atoms with Crippen LogP contribution in [0.2, 0.25) is 0 Å². The summed E-state index contributed by atoms with van der Waals surface area (Å²) in [6.45, 7) is 5.36. The molecule has 1 heterocycles. The molecule has 0 fully saturated rings. The number of nitrogens with zero attached hydrogens (tertiary/aromatic N) is 2. The van der Waals surface area contributed by atoms with Crippen molar-refractivity contribution in [2.75, 3.05) is 6.54 Å². The van der Waals surface area contributed by atoms with Crippen molar-refractivity contribution in [3.8, 4) is 5.69 Å². The van der Waals surface area contributed by atoms with Crippen molar-refractivity contribution in [3.63, 3.8) is 0 Å². The first kappa shape index (κ1) is 16.1. The third-order valence-corrected chi connectivity index (χ3v) is 3.12. The lowest BCUT2D eigenvalue weighted by atomic mass is 10.2. The lowest BCUT2D eigenvalue weighted by molar-refractivity contribution is 0.0950. The van der Waals surface area contributed by atoms with E-state index in [2.05, 4.69) is 32.9 Å². The molecular weight excluding hydrogens is 353 g/mol. The third kappa shape index (κ3) is 3.48. The van der Waals surface area contributed by atoms with Gasteiger partial charge in [0, 0.05) is 22.8 Å². The number of hydrogen-bond acceptors (Lipinski definition) is 3. The topological polar surface area (TPSA) is 64.0 Å². The molecule has 0 saturated carbocycles. The predicted octanol–water partition coefficient (Wildman–Crippen LogP) is 2.32. The Morgan fingerprint density at radius 2 is 2.14 bits per heavy atom. The minimum atomic E-state index is -0.643. The summed E-state index contributed by atoms with van der Waals surface area (Å²) in [6.07, 6.45) is 0. The maximum atomic E-state index is 13.9. The van der Waals surface area contributed by atoms with Gasteiger partial charge < -0.3 is 5.32 Å². The van der Waals surface area contributed by atoms with Crippen LogP contribution in [0.4, 0.5) is 4.39 Å². The summed E-state index contributed by atoms with van der Waals surface area (Å²) in [4.78, 5) is 23.9. The lowest BCUT2D eigenvalue weighted by Gasteiger charge is -2.11. The second-order valence-corrected chi connectivity index (χ2v) is 5.68. The Balaban J connectivity index is 2.48. The zero-order chi connectivity index (χ0) is 16.3. The molecule has 0 bridgehead atoms. The van der Waals surface area contributed by atoms with Crippen LogP contribution in [0, 0.1) is 12.7 Å². The zero-order valence-corrected chi connectivity index (χ0v) is 13.4. The summed E-state index contributed by atoms with van der Waals surface area (Å²) in [5.74, 6) is -1.14. The standard InChI is InChI=1S/C15H13BrFN3O2/c1-9(16)8-18-15(22)14-13(21)7-10(2)20(19-14)12-6-4-3-5-11(12)17/h3-7H,1,8H2,2H3,(H,18,22). The van der Waals surface area contributed by atoms with Crippen LogP contribution in [-0.2, 0) is 0 Å². The monoisotopic (exact) mass is 365 g/mol. The Morgan fingerprint density at radius 3 is 2.77 bits per heavy atom. The molecule has 7 heteroatoms. The summed E-state index contributed by atoms with van der Waals surface area (Å²) in [5.41, 5.74) is -0.235. The summed E-state index contributed by atoms with van der Waals surface area (Å²) in [5, 5.41) is 6.48. The molecule has 1 aromatic carbocycles. The second kappa shape index (κ2) is 6.65. The van der Waals surface area contributed by atoms with Gasteiger partial charge in [0.15, 0.2) is 5.69 Å². The number of nitrogens with one attached hydrogen (secondary N) is 1. The fraction of sp³-hybridized carbons (Fsp3) is 0.133. The molecule has 22 heavy (non-hydrogen) atoms. The van der Waals surface area contributed by atoms with E-state index in [1.165, 1.54) is 22.9 Å². The minimum absolute atomic E-state index is 0.160. The smallest absolute Gasteiger partial charge is 0.276 e. The van der Waals surface area contributed by atoms with E-state index < -0.39 is 17.2 Å². The molecular formula is C15H13BrFN3O2. The summed E-state index contributed by atoms with van der Waals surface area (Å²) < 4.78 is 15.7. The first-order chi connectivity index (χ1) is 10.4. The Labute approximate surface area is 134 Å². The van der Waals surface area contributed by atoms with E-state index in [0.29, 0.717) is 10.2 Å². The highest BCUT2D eigenvalue weighted by Crippen LogP contribution is 2.13. The van der Waals surface area contributed by atoms with Crippen molar-refractivity contribution in [3.05, 3.63) is 68.8 Å². The van der Waals surface area contributed by atoms with Crippen molar-refractivity contribution >= 4 is 21.8 Å². The molecule has 2 rings (SSSR count). The van der Waals surface area contributed by atoms with E-state index in [0.717, 1.165) is 0 Å². The number of hydrogen-bond donors (Lipinski definition) is 1. The molecule has 114 valence electrons. The highest BCUT2D eigenvalue weighted by atomic mass is 79.9. The Bertz CT molecular complexity index is 802. The Morgan fingerprint density at radius 1 is 1.45 bits per heavy atom. The summed E-state index contributed by atoms with van der Waals surface area (Å²) in [7, 11) is 0. The number of benzene rings is 1. The van der Waals surface area contributed by atoms with E-state index in [1.807, 2.05) is 0 Å². The number of aryl methyl sites for hydroxylation is 1. The van der Waals surface area contributed by atoms with E-state index in [9.17, 15) is 14.0 Å². The van der Waals surface area contributed by atoms with Crippen LogP contribution in [0.5, 0.6) is 0 Å². The van der Waals surface area contributed by atoms with Gasteiger partial charge in [0.05, 0.1) is 0 Å². The minimum Gasteiger partial charge on any atom is -0.346 e. The van der Waals surface area contributed by atoms with Gasteiger partial charge in [-0.15, -0.1) is 0 Å². The van der Waals surface area contributed by atoms with Crippen molar-refractivity contribution < 1.29 is 9.18 Å². The molecule has 0 atom stereocenters. The second-order valence-electron chi connectivity index (χ2n) is 4.56. The van der Waals surface area contributed by atoms with Gasteiger partial charge in [0.1, 0.15) is 11.5 Å². The number of aromatic nitrogens is 2. The van der Waals surface area contributed by atoms with Crippen molar-refractivity contribution in [1.82, 2.24) is 15.1 Å². The first-order valence-electron chi connectivity index (χ1n) is 6.37. The largest absolute Gasteiger partial charge is 0.346 e. The van der Waals surface area contributed by atoms with Gasteiger partial charge in [-0.05, 0) is 19.1 Å². The molecule has 0 unspecified atom stereocenters. The van der Waals surface area contributed by atoms with E-state index in [4.69, 9.17) is 0 Å². The first-order valence-corrected chi connectivity index (χ1v) is 7.17. The molecule has 2 aromatic rings. The Kier molecular flexibility index (Phi) is 4.87. The quantitative estimate of drug-likeness (QED) is 0.904.